The molecule has 1 saturated heterocycles. The minimum Gasteiger partial charge on any atom is -0.306 e. The molecule has 0 bridgehead atoms. The number of thiophene rings is 1. The molecule has 0 spiro atoms. The van der Waals surface area contributed by atoms with Crippen molar-refractivity contribution < 1.29 is 0 Å². The van der Waals surface area contributed by atoms with Gasteiger partial charge in [-0.1, -0.05) is 6.07 Å². The van der Waals surface area contributed by atoms with E-state index < -0.39 is 0 Å². The number of thioether (sulfide) groups is 1. The van der Waals surface area contributed by atoms with E-state index >= 15 is 0 Å². The molecule has 1 aromatic heterocycles. The maximum absolute atomic E-state index is 3.67. The van der Waals surface area contributed by atoms with Gasteiger partial charge in [-0.15, -0.1) is 11.3 Å². The Morgan fingerprint density at radius 2 is 2.54 bits per heavy atom. The summed E-state index contributed by atoms with van der Waals surface area (Å²) in [5, 5.41) is 5.82. The van der Waals surface area contributed by atoms with E-state index in [4.69, 9.17) is 0 Å². The smallest absolute Gasteiger partial charge is 0.0388 e. The van der Waals surface area contributed by atoms with Crippen LogP contribution in [0, 0.1) is 0 Å². The van der Waals surface area contributed by atoms with Gasteiger partial charge in [0.05, 0.1) is 0 Å². The van der Waals surface area contributed by atoms with Gasteiger partial charge in [0.25, 0.3) is 0 Å². The Balaban J connectivity index is 1.87. The molecule has 2 unspecified atom stereocenters. The number of hydrogen-bond acceptors (Lipinski definition) is 3. The first kappa shape index (κ1) is 9.56. The first-order valence-electron chi connectivity index (χ1n) is 4.73. The first-order chi connectivity index (χ1) is 6.36. The van der Waals surface area contributed by atoms with Gasteiger partial charge >= 0.3 is 0 Å². The molecule has 1 aliphatic rings. The van der Waals surface area contributed by atoms with Crippen molar-refractivity contribution in [2.75, 3.05) is 11.5 Å². The van der Waals surface area contributed by atoms with Crippen molar-refractivity contribution in [2.24, 2.45) is 0 Å². The summed E-state index contributed by atoms with van der Waals surface area (Å²) in [5.41, 5.74) is 0. The van der Waals surface area contributed by atoms with Crippen LogP contribution in [0.25, 0.3) is 0 Å². The van der Waals surface area contributed by atoms with Crippen molar-refractivity contribution in [2.45, 2.75) is 25.4 Å². The minimum atomic E-state index is 0.531. The zero-order valence-corrected chi connectivity index (χ0v) is 9.46. The molecule has 1 fully saturated rings. The standard InChI is InChI=1S/C10H15NS2/c1-8(10-3-2-5-13-10)11-9-4-6-12-7-9/h2-3,5,8-9,11H,4,6-7H2,1H3. The van der Waals surface area contributed by atoms with Gasteiger partial charge in [0.1, 0.15) is 0 Å². The third kappa shape index (κ3) is 2.48. The van der Waals surface area contributed by atoms with E-state index in [1.165, 1.54) is 22.8 Å². The highest BCUT2D eigenvalue weighted by molar-refractivity contribution is 7.99. The highest BCUT2D eigenvalue weighted by Crippen LogP contribution is 2.23. The summed E-state index contributed by atoms with van der Waals surface area (Å²) in [4.78, 5) is 1.46. The molecule has 2 atom stereocenters. The van der Waals surface area contributed by atoms with Crippen LogP contribution in [0.3, 0.4) is 0 Å². The van der Waals surface area contributed by atoms with Gasteiger partial charge in [0.2, 0.25) is 0 Å². The summed E-state index contributed by atoms with van der Waals surface area (Å²) in [7, 11) is 0. The molecule has 13 heavy (non-hydrogen) atoms. The first-order valence-corrected chi connectivity index (χ1v) is 6.77. The Morgan fingerprint density at radius 3 is 3.15 bits per heavy atom. The Morgan fingerprint density at radius 1 is 1.62 bits per heavy atom. The zero-order valence-electron chi connectivity index (χ0n) is 7.82. The third-order valence-electron chi connectivity index (χ3n) is 2.39. The van der Waals surface area contributed by atoms with Gasteiger partial charge in [0, 0.05) is 22.7 Å². The number of hydrogen-bond donors (Lipinski definition) is 1. The van der Waals surface area contributed by atoms with Crippen LogP contribution >= 0.6 is 23.1 Å². The number of nitrogens with one attached hydrogen (secondary N) is 1. The second kappa shape index (κ2) is 4.49. The molecule has 0 amide bonds. The molecule has 1 N–H and O–H groups in total. The highest BCUT2D eigenvalue weighted by Gasteiger charge is 2.17. The van der Waals surface area contributed by atoms with Gasteiger partial charge in [-0.3, -0.25) is 0 Å². The van der Waals surface area contributed by atoms with E-state index in [-0.39, 0.29) is 0 Å². The summed E-state index contributed by atoms with van der Waals surface area (Å²) in [6.45, 7) is 2.26. The fourth-order valence-electron chi connectivity index (χ4n) is 1.64. The van der Waals surface area contributed by atoms with E-state index in [0.717, 1.165) is 6.04 Å². The third-order valence-corrected chi connectivity index (χ3v) is 4.60. The summed E-state index contributed by atoms with van der Waals surface area (Å²) in [6.07, 6.45) is 1.33. The molecule has 0 saturated carbocycles. The second-order valence-corrected chi connectivity index (χ2v) is 5.59. The van der Waals surface area contributed by atoms with Crippen LogP contribution in [-0.4, -0.2) is 17.5 Å². The predicted molar refractivity (Wildman–Crippen MR) is 61.6 cm³/mol. The molecule has 0 aromatic carbocycles. The van der Waals surface area contributed by atoms with Crippen molar-refractivity contribution in [3.05, 3.63) is 22.4 Å². The van der Waals surface area contributed by atoms with Crippen LogP contribution in [0.4, 0.5) is 0 Å². The Labute approximate surface area is 87.9 Å². The van der Waals surface area contributed by atoms with Crippen LogP contribution in [0.2, 0.25) is 0 Å². The van der Waals surface area contributed by atoms with Gasteiger partial charge in [-0.2, -0.15) is 11.8 Å². The maximum atomic E-state index is 3.67. The molecule has 1 aromatic rings. The van der Waals surface area contributed by atoms with E-state index in [9.17, 15) is 0 Å². The lowest BCUT2D eigenvalue weighted by Crippen LogP contribution is -2.30. The molecule has 0 aliphatic carbocycles. The van der Waals surface area contributed by atoms with Crippen LogP contribution in [0.5, 0.6) is 0 Å². The average Bonchev–Trinajstić information content (AvgIpc) is 2.74. The lowest BCUT2D eigenvalue weighted by molar-refractivity contribution is 0.491. The van der Waals surface area contributed by atoms with Crippen LogP contribution in [0.1, 0.15) is 24.3 Å². The van der Waals surface area contributed by atoms with Gasteiger partial charge in [0.15, 0.2) is 0 Å². The summed E-state index contributed by atoms with van der Waals surface area (Å²) in [5.74, 6) is 2.62. The molecule has 1 nitrogen and oxygen atoms in total. The zero-order chi connectivity index (χ0) is 9.10. The molecule has 2 heterocycles. The summed E-state index contributed by atoms with van der Waals surface area (Å²) in [6, 6.07) is 5.61. The quantitative estimate of drug-likeness (QED) is 0.828. The highest BCUT2D eigenvalue weighted by atomic mass is 32.2. The Bertz CT molecular complexity index is 239. The maximum Gasteiger partial charge on any atom is 0.0388 e. The molecular weight excluding hydrogens is 198 g/mol. The molecule has 72 valence electrons. The van der Waals surface area contributed by atoms with Crippen molar-refractivity contribution in [3.8, 4) is 0 Å². The lowest BCUT2D eigenvalue weighted by Gasteiger charge is -2.17. The van der Waals surface area contributed by atoms with Gasteiger partial charge < -0.3 is 5.32 Å². The minimum absolute atomic E-state index is 0.531. The topological polar surface area (TPSA) is 12.0 Å². The van der Waals surface area contributed by atoms with Gasteiger partial charge in [-0.25, -0.2) is 0 Å². The van der Waals surface area contributed by atoms with Crippen molar-refractivity contribution in [3.63, 3.8) is 0 Å². The Kier molecular flexibility index (Phi) is 3.30. The SMILES string of the molecule is CC(NC1CCSC1)c1cccs1. The van der Waals surface area contributed by atoms with E-state index in [0.29, 0.717) is 6.04 Å². The Hall–Kier alpha value is 0.01000. The van der Waals surface area contributed by atoms with E-state index in [1.54, 1.807) is 0 Å². The average molecular weight is 213 g/mol. The summed E-state index contributed by atoms with van der Waals surface area (Å²) >= 11 is 3.91. The van der Waals surface area contributed by atoms with Crippen LogP contribution in [0.15, 0.2) is 17.5 Å². The van der Waals surface area contributed by atoms with Crippen molar-refractivity contribution in [1.29, 1.82) is 0 Å². The molecule has 0 radical (unpaired) electrons. The lowest BCUT2D eigenvalue weighted by atomic mass is 10.2. The predicted octanol–water partition coefficient (Wildman–Crippen LogP) is 2.90. The largest absolute Gasteiger partial charge is 0.306 e. The van der Waals surface area contributed by atoms with Crippen LogP contribution in [-0.2, 0) is 0 Å². The fourth-order valence-corrected chi connectivity index (χ4v) is 3.55. The van der Waals surface area contributed by atoms with E-state index in [2.05, 4.69) is 41.5 Å². The normalized spacial score (nSPS) is 24.8. The molecule has 2 rings (SSSR count). The van der Waals surface area contributed by atoms with Gasteiger partial charge in [-0.05, 0) is 30.5 Å². The van der Waals surface area contributed by atoms with Crippen molar-refractivity contribution >= 4 is 23.1 Å². The molecule has 1 aliphatic heterocycles. The second-order valence-electron chi connectivity index (χ2n) is 3.46. The summed E-state index contributed by atoms with van der Waals surface area (Å²) < 4.78 is 0. The number of rotatable bonds is 3. The van der Waals surface area contributed by atoms with E-state index in [1.807, 2.05) is 11.3 Å². The van der Waals surface area contributed by atoms with Crippen molar-refractivity contribution in [1.82, 2.24) is 5.32 Å². The monoisotopic (exact) mass is 213 g/mol. The molecule has 3 heteroatoms. The molecular formula is C10H15NS2. The fraction of sp³-hybridized carbons (Fsp3) is 0.600. The van der Waals surface area contributed by atoms with Crippen LogP contribution < -0.4 is 5.32 Å².